The van der Waals surface area contributed by atoms with Crippen LogP contribution in [0.15, 0.2) is 24.3 Å². The average molecular weight is 289 g/mol. The first-order valence-electron chi connectivity index (χ1n) is 7.83. The van der Waals surface area contributed by atoms with Crippen LogP contribution in [0.4, 0.5) is 4.39 Å². The zero-order chi connectivity index (χ0) is 14.4. The summed E-state index contributed by atoms with van der Waals surface area (Å²) in [4.78, 5) is 14.6. The molecular formula is C17H20FNO2. The van der Waals surface area contributed by atoms with E-state index in [4.69, 9.17) is 4.74 Å². The van der Waals surface area contributed by atoms with E-state index in [-0.39, 0.29) is 23.2 Å². The van der Waals surface area contributed by atoms with Crippen LogP contribution in [0.5, 0.6) is 0 Å². The molecule has 3 aliphatic rings. The average Bonchev–Trinajstić information content (AvgIpc) is 3.25. The number of benzene rings is 1. The molecule has 1 saturated heterocycles. The van der Waals surface area contributed by atoms with Gasteiger partial charge in [0.1, 0.15) is 5.82 Å². The van der Waals surface area contributed by atoms with Crippen molar-refractivity contribution in [3.05, 3.63) is 35.6 Å². The Balaban J connectivity index is 1.49. The number of rotatable bonds is 5. The molecule has 1 heterocycles. The van der Waals surface area contributed by atoms with Gasteiger partial charge in [0.15, 0.2) is 0 Å². The van der Waals surface area contributed by atoms with Gasteiger partial charge in [0.2, 0.25) is 5.91 Å². The molecule has 1 amide bonds. The molecule has 1 atom stereocenters. The van der Waals surface area contributed by atoms with Crippen molar-refractivity contribution in [1.29, 1.82) is 0 Å². The number of halogens is 1. The van der Waals surface area contributed by atoms with Crippen LogP contribution >= 0.6 is 0 Å². The topological polar surface area (TPSA) is 29.5 Å². The lowest BCUT2D eigenvalue weighted by atomic mass is 10.1. The third-order valence-corrected chi connectivity index (χ3v) is 5.11. The van der Waals surface area contributed by atoms with E-state index in [1.165, 1.54) is 12.1 Å². The van der Waals surface area contributed by atoms with E-state index < -0.39 is 0 Å². The summed E-state index contributed by atoms with van der Waals surface area (Å²) in [7, 11) is 0. The molecule has 3 nitrogen and oxygen atoms in total. The minimum absolute atomic E-state index is 0.0358. The van der Waals surface area contributed by atoms with Crippen molar-refractivity contribution in [1.82, 2.24) is 4.90 Å². The van der Waals surface area contributed by atoms with E-state index in [0.717, 1.165) is 37.9 Å². The van der Waals surface area contributed by atoms with E-state index in [0.29, 0.717) is 19.0 Å². The highest BCUT2D eigenvalue weighted by molar-refractivity contribution is 5.90. The molecule has 4 rings (SSSR count). The normalized spacial score (nSPS) is 32.6. The minimum atomic E-state index is -0.245. The molecule has 0 bridgehead atoms. The van der Waals surface area contributed by atoms with Crippen LogP contribution in [0.3, 0.4) is 0 Å². The standard InChI is InChI=1S/C17H20FNO2/c18-14-4-1-3-12(7-14)10-19(11-15-5-2-6-21-15)16(20)17-8-13(17)9-17/h1,3-4,7,13,15H,2,5-6,8-11H2. The Labute approximate surface area is 124 Å². The van der Waals surface area contributed by atoms with Crippen LogP contribution in [-0.4, -0.2) is 30.1 Å². The Hall–Kier alpha value is -1.42. The van der Waals surface area contributed by atoms with E-state index in [1.54, 1.807) is 6.07 Å². The molecule has 2 saturated carbocycles. The van der Waals surface area contributed by atoms with Crippen LogP contribution in [0.25, 0.3) is 0 Å². The molecule has 3 fully saturated rings. The molecule has 4 heteroatoms. The summed E-state index contributed by atoms with van der Waals surface area (Å²) in [5, 5.41) is 0. The first kappa shape index (κ1) is 13.3. The van der Waals surface area contributed by atoms with Crippen molar-refractivity contribution < 1.29 is 13.9 Å². The molecule has 0 N–H and O–H groups in total. The van der Waals surface area contributed by atoms with Gasteiger partial charge in [-0.2, -0.15) is 0 Å². The molecule has 0 spiro atoms. The molecule has 21 heavy (non-hydrogen) atoms. The fourth-order valence-corrected chi connectivity index (χ4v) is 3.47. The molecule has 1 aromatic rings. The van der Waals surface area contributed by atoms with Gasteiger partial charge in [-0.05, 0) is 49.3 Å². The summed E-state index contributed by atoms with van der Waals surface area (Å²) < 4.78 is 19.0. The summed E-state index contributed by atoms with van der Waals surface area (Å²) in [5.74, 6) is 0.641. The fourth-order valence-electron chi connectivity index (χ4n) is 3.47. The summed E-state index contributed by atoms with van der Waals surface area (Å²) in [6.07, 6.45) is 4.34. The lowest BCUT2D eigenvalue weighted by molar-refractivity contribution is -0.137. The largest absolute Gasteiger partial charge is 0.376 e. The first-order chi connectivity index (χ1) is 10.2. The smallest absolute Gasteiger partial charge is 0.229 e. The van der Waals surface area contributed by atoms with Crippen LogP contribution in [0, 0.1) is 17.2 Å². The minimum Gasteiger partial charge on any atom is -0.376 e. The molecular weight excluding hydrogens is 269 g/mol. The number of fused-ring (bicyclic) bond motifs is 1. The molecule has 1 unspecified atom stereocenters. The number of ether oxygens (including phenoxy) is 1. The molecule has 0 aromatic heterocycles. The second kappa shape index (κ2) is 4.80. The predicted molar refractivity (Wildman–Crippen MR) is 75.9 cm³/mol. The van der Waals surface area contributed by atoms with Gasteiger partial charge < -0.3 is 9.64 Å². The maximum Gasteiger partial charge on any atom is 0.229 e. The molecule has 112 valence electrons. The van der Waals surface area contributed by atoms with E-state index in [9.17, 15) is 9.18 Å². The second-order valence-electron chi connectivity index (χ2n) is 6.71. The number of hydrogen-bond acceptors (Lipinski definition) is 2. The Morgan fingerprint density at radius 3 is 2.86 bits per heavy atom. The summed E-state index contributed by atoms with van der Waals surface area (Å²) in [6, 6.07) is 6.54. The van der Waals surface area contributed by atoms with Crippen molar-refractivity contribution in [3.63, 3.8) is 0 Å². The SMILES string of the molecule is O=C(N(Cc1cccc(F)c1)CC1CCCO1)C12CC1C2. The van der Waals surface area contributed by atoms with Gasteiger partial charge >= 0.3 is 0 Å². The van der Waals surface area contributed by atoms with Crippen molar-refractivity contribution in [2.75, 3.05) is 13.2 Å². The highest BCUT2D eigenvalue weighted by Gasteiger charge is 2.75. The monoisotopic (exact) mass is 289 g/mol. The summed E-state index contributed by atoms with van der Waals surface area (Å²) >= 11 is 0. The highest BCUT2D eigenvalue weighted by atomic mass is 19.1. The Bertz CT molecular complexity index is 562. The van der Waals surface area contributed by atoms with Gasteiger partial charge in [-0.1, -0.05) is 12.1 Å². The lowest BCUT2D eigenvalue weighted by Crippen LogP contribution is -2.39. The summed E-state index contributed by atoms with van der Waals surface area (Å²) in [6.45, 7) is 1.93. The maximum absolute atomic E-state index is 13.3. The number of amides is 1. The maximum atomic E-state index is 13.3. The van der Waals surface area contributed by atoms with Crippen LogP contribution in [-0.2, 0) is 16.1 Å². The Morgan fingerprint density at radius 2 is 2.24 bits per heavy atom. The third-order valence-electron chi connectivity index (χ3n) is 5.11. The number of nitrogens with zero attached hydrogens (tertiary/aromatic N) is 1. The first-order valence-corrected chi connectivity index (χ1v) is 7.83. The fraction of sp³-hybridized carbons (Fsp3) is 0.588. The van der Waals surface area contributed by atoms with Gasteiger partial charge in [0.05, 0.1) is 11.5 Å². The van der Waals surface area contributed by atoms with Crippen molar-refractivity contribution >= 4 is 5.91 Å². The van der Waals surface area contributed by atoms with Gasteiger partial charge in [0, 0.05) is 19.7 Å². The van der Waals surface area contributed by atoms with Crippen LogP contribution < -0.4 is 0 Å². The molecule has 1 aromatic carbocycles. The Kier molecular flexibility index (Phi) is 3.03. The molecule has 2 aliphatic carbocycles. The zero-order valence-electron chi connectivity index (χ0n) is 12.1. The third kappa shape index (κ3) is 2.46. The summed E-state index contributed by atoms with van der Waals surface area (Å²) in [5.41, 5.74) is 0.821. The van der Waals surface area contributed by atoms with Crippen molar-refractivity contribution in [3.8, 4) is 0 Å². The van der Waals surface area contributed by atoms with Crippen LogP contribution in [0.1, 0.15) is 31.2 Å². The van der Waals surface area contributed by atoms with E-state index in [2.05, 4.69) is 0 Å². The zero-order valence-corrected chi connectivity index (χ0v) is 12.1. The van der Waals surface area contributed by atoms with Gasteiger partial charge in [-0.15, -0.1) is 0 Å². The molecule has 0 radical (unpaired) electrons. The van der Waals surface area contributed by atoms with Gasteiger partial charge in [0.25, 0.3) is 0 Å². The second-order valence-corrected chi connectivity index (χ2v) is 6.71. The van der Waals surface area contributed by atoms with E-state index >= 15 is 0 Å². The quantitative estimate of drug-likeness (QED) is 0.834. The van der Waals surface area contributed by atoms with Gasteiger partial charge in [-0.25, -0.2) is 4.39 Å². The van der Waals surface area contributed by atoms with Crippen molar-refractivity contribution in [2.45, 2.75) is 38.3 Å². The lowest BCUT2D eigenvalue weighted by Gasteiger charge is -2.27. The highest BCUT2D eigenvalue weighted by Crippen LogP contribution is 2.76. The predicted octanol–water partition coefficient (Wildman–Crippen LogP) is 2.74. The number of carbonyl (C=O) groups is 1. The van der Waals surface area contributed by atoms with Gasteiger partial charge in [-0.3, -0.25) is 4.79 Å². The van der Waals surface area contributed by atoms with E-state index in [1.807, 2.05) is 11.0 Å². The molecule has 1 aliphatic heterocycles. The Morgan fingerprint density at radius 1 is 1.43 bits per heavy atom. The van der Waals surface area contributed by atoms with Crippen LogP contribution in [0.2, 0.25) is 0 Å². The van der Waals surface area contributed by atoms with Crippen molar-refractivity contribution in [2.24, 2.45) is 11.3 Å². The number of carbonyl (C=O) groups excluding carboxylic acids is 1. The number of hydrogen-bond donors (Lipinski definition) is 0.